The fraction of sp³-hybridized carbons (Fsp3) is 0.500. The number of benzene rings is 1. The normalized spacial score (nSPS) is 19.9. The first-order valence-corrected chi connectivity index (χ1v) is 8.47. The van der Waals surface area contributed by atoms with E-state index in [-0.39, 0.29) is 18.6 Å². The number of carboxylic acid groups (broad SMARTS) is 1. The topological polar surface area (TPSA) is 105 Å². The maximum absolute atomic E-state index is 12.0. The van der Waals surface area contributed by atoms with Gasteiger partial charge in [0.15, 0.2) is 0 Å². The Morgan fingerprint density at radius 3 is 2.48 bits per heavy atom. The molecule has 0 radical (unpaired) electrons. The Kier molecular flexibility index (Phi) is 6.94. The third-order valence-corrected chi connectivity index (χ3v) is 4.29. The van der Waals surface area contributed by atoms with Gasteiger partial charge >= 0.3 is 5.97 Å². The van der Waals surface area contributed by atoms with Crippen LogP contribution in [-0.4, -0.2) is 42.1 Å². The number of carbonyl (C=O) groups is 3. The van der Waals surface area contributed by atoms with Crippen LogP contribution in [0.15, 0.2) is 24.3 Å². The van der Waals surface area contributed by atoms with E-state index in [0.29, 0.717) is 17.2 Å². The number of rotatable bonds is 7. The van der Waals surface area contributed by atoms with Crippen molar-refractivity contribution in [2.24, 2.45) is 5.92 Å². The van der Waals surface area contributed by atoms with Crippen molar-refractivity contribution in [2.75, 3.05) is 18.5 Å². The third-order valence-electron chi connectivity index (χ3n) is 4.29. The maximum atomic E-state index is 12.0. The molecule has 1 aromatic rings. The van der Waals surface area contributed by atoms with Gasteiger partial charge in [-0.3, -0.25) is 14.4 Å². The number of amides is 2. The smallest absolute Gasteiger partial charge is 0.322 e. The molecule has 0 saturated heterocycles. The van der Waals surface area contributed by atoms with E-state index < -0.39 is 18.4 Å². The Labute approximate surface area is 146 Å². The van der Waals surface area contributed by atoms with Crippen LogP contribution in [0.25, 0.3) is 0 Å². The lowest BCUT2D eigenvalue weighted by atomic mass is 9.88. The summed E-state index contributed by atoms with van der Waals surface area (Å²) >= 11 is 0. The Bertz CT molecular complexity index is 614. The first-order valence-electron chi connectivity index (χ1n) is 8.47. The number of ether oxygens (including phenoxy) is 1. The summed E-state index contributed by atoms with van der Waals surface area (Å²) in [5.74, 6) is -1.34. The number of aliphatic carboxylic acids is 1. The summed E-state index contributed by atoms with van der Waals surface area (Å²) < 4.78 is 5.71. The highest BCUT2D eigenvalue weighted by Crippen LogP contribution is 2.26. The Hall–Kier alpha value is -2.41. The second-order valence-corrected chi connectivity index (χ2v) is 6.31. The standard InChI is InChI=1S/C18H24N2O5/c1-12-4-2-3-5-15(12)25-11-16(21)20-14-8-6-13(7-9-14)18(24)19-10-17(22)23/h6-9,12,15H,2-5,10-11H2,1H3,(H,19,24)(H,20,21)(H,22,23)/t12-,15+/m1/s1. The molecule has 25 heavy (non-hydrogen) atoms. The SMILES string of the molecule is C[C@@H]1CCCC[C@@H]1OCC(=O)Nc1ccc(C(=O)NCC(=O)O)cc1. The van der Waals surface area contributed by atoms with Gasteiger partial charge in [0.05, 0.1) is 6.10 Å². The van der Waals surface area contributed by atoms with Crippen molar-refractivity contribution in [1.29, 1.82) is 0 Å². The van der Waals surface area contributed by atoms with Crippen LogP contribution in [0.2, 0.25) is 0 Å². The average molecular weight is 348 g/mol. The molecule has 1 aromatic carbocycles. The van der Waals surface area contributed by atoms with Crippen LogP contribution in [0.4, 0.5) is 5.69 Å². The zero-order valence-corrected chi connectivity index (χ0v) is 14.3. The number of hydrogen-bond acceptors (Lipinski definition) is 4. The van der Waals surface area contributed by atoms with E-state index in [4.69, 9.17) is 9.84 Å². The fourth-order valence-electron chi connectivity index (χ4n) is 2.87. The van der Waals surface area contributed by atoms with Crippen molar-refractivity contribution in [2.45, 2.75) is 38.7 Å². The van der Waals surface area contributed by atoms with Crippen LogP contribution < -0.4 is 10.6 Å². The van der Waals surface area contributed by atoms with Gasteiger partial charge in [0.2, 0.25) is 5.91 Å². The Morgan fingerprint density at radius 2 is 1.84 bits per heavy atom. The fourth-order valence-corrected chi connectivity index (χ4v) is 2.87. The molecule has 1 aliphatic rings. The molecule has 7 heteroatoms. The van der Waals surface area contributed by atoms with E-state index in [0.717, 1.165) is 19.3 Å². The molecule has 0 aliphatic heterocycles. The molecule has 2 rings (SSSR count). The van der Waals surface area contributed by atoms with Gasteiger partial charge in [-0.2, -0.15) is 0 Å². The summed E-state index contributed by atoms with van der Waals surface area (Å²) in [5, 5.41) is 13.5. The van der Waals surface area contributed by atoms with Crippen LogP contribution in [0, 0.1) is 5.92 Å². The molecule has 1 fully saturated rings. The molecular weight excluding hydrogens is 324 g/mol. The Morgan fingerprint density at radius 1 is 1.16 bits per heavy atom. The summed E-state index contributed by atoms with van der Waals surface area (Å²) in [6.45, 7) is 1.72. The van der Waals surface area contributed by atoms with Gasteiger partial charge in [-0.05, 0) is 43.0 Å². The molecular formula is C18H24N2O5. The lowest BCUT2D eigenvalue weighted by molar-refractivity contribution is -0.135. The van der Waals surface area contributed by atoms with Crippen LogP contribution in [0.1, 0.15) is 43.0 Å². The maximum Gasteiger partial charge on any atom is 0.322 e. The highest BCUT2D eigenvalue weighted by Gasteiger charge is 2.22. The monoisotopic (exact) mass is 348 g/mol. The minimum Gasteiger partial charge on any atom is -0.480 e. The molecule has 0 aromatic heterocycles. The van der Waals surface area contributed by atoms with Crippen molar-refractivity contribution < 1.29 is 24.2 Å². The molecule has 0 heterocycles. The van der Waals surface area contributed by atoms with Gasteiger partial charge < -0.3 is 20.5 Å². The lowest BCUT2D eigenvalue weighted by Crippen LogP contribution is -2.30. The van der Waals surface area contributed by atoms with E-state index in [2.05, 4.69) is 17.6 Å². The number of anilines is 1. The van der Waals surface area contributed by atoms with Gasteiger partial charge in [0.25, 0.3) is 5.91 Å². The molecule has 0 spiro atoms. The van der Waals surface area contributed by atoms with Gasteiger partial charge in [0.1, 0.15) is 13.2 Å². The van der Waals surface area contributed by atoms with Crippen LogP contribution in [-0.2, 0) is 14.3 Å². The van der Waals surface area contributed by atoms with Gasteiger partial charge in [-0.15, -0.1) is 0 Å². The minimum atomic E-state index is -1.11. The molecule has 1 aliphatic carbocycles. The summed E-state index contributed by atoms with van der Waals surface area (Å²) in [6, 6.07) is 6.24. The van der Waals surface area contributed by atoms with E-state index >= 15 is 0 Å². The van der Waals surface area contributed by atoms with Gasteiger partial charge in [-0.1, -0.05) is 19.8 Å². The second-order valence-electron chi connectivity index (χ2n) is 6.31. The van der Waals surface area contributed by atoms with Crippen molar-refractivity contribution in [1.82, 2.24) is 5.32 Å². The number of nitrogens with one attached hydrogen (secondary N) is 2. The molecule has 136 valence electrons. The second kappa shape index (κ2) is 9.17. The predicted molar refractivity (Wildman–Crippen MR) is 92.4 cm³/mol. The van der Waals surface area contributed by atoms with Crippen molar-refractivity contribution in [3.05, 3.63) is 29.8 Å². The number of hydrogen-bond donors (Lipinski definition) is 3. The first-order chi connectivity index (χ1) is 12.0. The van der Waals surface area contributed by atoms with Crippen LogP contribution >= 0.6 is 0 Å². The van der Waals surface area contributed by atoms with Crippen LogP contribution in [0.5, 0.6) is 0 Å². The lowest BCUT2D eigenvalue weighted by Gasteiger charge is -2.28. The predicted octanol–water partition coefficient (Wildman–Crippen LogP) is 2.03. The number of carboxylic acids is 1. The largest absolute Gasteiger partial charge is 0.480 e. The van der Waals surface area contributed by atoms with E-state index in [9.17, 15) is 14.4 Å². The Balaban J connectivity index is 1.78. The molecule has 7 nitrogen and oxygen atoms in total. The van der Waals surface area contributed by atoms with Crippen molar-refractivity contribution >= 4 is 23.5 Å². The highest BCUT2D eigenvalue weighted by molar-refractivity contribution is 5.97. The molecule has 0 unspecified atom stereocenters. The average Bonchev–Trinajstić information content (AvgIpc) is 2.59. The van der Waals surface area contributed by atoms with E-state index in [1.165, 1.54) is 18.6 Å². The van der Waals surface area contributed by atoms with Crippen molar-refractivity contribution in [3.63, 3.8) is 0 Å². The molecule has 3 N–H and O–H groups in total. The van der Waals surface area contributed by atoms with E-state index in [1.807, 2.05) is 0 Å². The molecule has 0 bridgehead atoms. The van der Waals surface area contributed by atoms with Gasteiger partial charge in [-0.25, -0.2) is 0 Å². The summed E-state index contributed by atoms with van der Waals surface area (Å²) in [5.41, 5.74) is 0.881. The molecule has 1 saturated carbocycles. The summed E-state index contributed by atoms with van der Waals surface area (Å²) in [6.07, 6.45) is 4.63. The zero-order chi connectivity index (χ0) is 18.2. The highest BCUT2D eigenvalue weighted by atomic mass is 16.5. The summed E-state index contributed by atoms with van der Waals surface area (Å²) in [7, 11) is 0. The number of carbonyl (C=O) groups excluding carboxylic acids is 2. The molecule has 2 amide bonds. The quantitative estimate of drug-likeness (QED) is 0.699. The van der Waals surface area contributed by atoms with Crippen molar-refractivity contribution in [3.8, 4) is 0 Å². The third kappa shape index (κ3) is 6.19. The van der Waals surface area contributed by atoms with Crippen LogP contribution in [0.3, 0.4) is 0 Å². The summed E-state index contributed by atoms with van der Waals surface area (Å²) in [4.78, 5) is 34.1. The molecule has 2 atom stereocenters. The minimum absolute atomic E-state index is 0.00978. The zero-order valence-electron chi connectivity index (χ0n) is 14.3. The first kappa shape index (κ1) is 18.9. The van der Waals surface area contributed by atoms with Gasteiger partial charge in [0, 0.05) is 11.3 Å². The van der Waals surface area contributed by atoms with E-state index in [1.54, 1.807) is 12.1 Å².